The molecule has 0 aliphatic carbocycles. The van der Waals surface area contributed by atoms with Crippen molar-refractivity contribution in [3.63, 3.8) is 0 Å². The van der Waals surface area contributed by atoms with Gasteiger partial charge in [-0.15, -0.1) is 0 Å². The Bertz CT molecular complexity index is 539. The van der Waals surface area contributed by atoms with Gasteiger partial charge in [-0.2, -0.15) is 0 Å². The van der Waals surface area contributed by atoms with Gasteiger partial charge < -0.3 is 5.32 Å². The van der Waals surface area contributed by atoms with Gasteiger partial charge in [0.1, 0.15) is 9.84 Å². The SMILES string of the molecule is CCNC(CS(C)(=O)=O)c1c(CC)cc(CC)cc1CC. The Balaban J connectivity index is 3.40. The van der Waals surface area contributed by atoms with Crippen LogP contribution in [0.3, 0.4) is 0 Å². The van der Waals surface area contributed by atoms with E-state index in [2.05, 4.69) is 38.2 Å². The maximum Gasteiger partial charge on any atom is 0.149 e. The van der Waals surface area contributed by atoms with Crippen LogP contribution in [0.2, 0.25) is 0 Å². The number of hydrogen-bond donors (Lipinski definition) is 1. The van der Waals surface area contributed by atoms with Gasteiger partial charge in [-0.1, -0.05) is 39.8 Å². The van der Waals surface area contributed by atoms with E-state index in [9.17, 15) is 8.42 Å². The number of hydrogen-bond acceptors (Lipinski definition) is 3. The molecule has 0 heterocycles. The topological polar surface area (TPSA) is 46.2 Å². The number of aryl methyl sites for hydroxylation is 3. The van der Waals surface area contributed by atoms with E-state index < -0.39 is 9.84 Å². The lowest BCUT2D eigenvalue weighted by Gasteiger charge is -2.24. The van der Waals surface area contributed by atoms with Gasteiger partial charge in [0.15, 0.2) is 0 Å². The summed E-state index contributed by atoms with van der Waals surface area (Å²) in [6, 6.07) is 4.36. The highest BCUT2D eigenvalue weighted by atomic mass is 32.2. The molecule has 1 N–H and O–H groups in total. The minimum absolute atomic E-state index is 0.110. The van der Waals surface area contributed by atoms with Gasteiger partial charge in [-0.25, -0.2) is 8.42 Å². The normalized spacial score (nSPS) is 13.4. The van der Waals surface area contributed by atoms with Crippen LogP contribution in [0.15, 0.2) is 12.1 Å². The summed E-state index contributed by atoms with van der Waals surface area (Å²) in [6.07, 6.45) is 4.19. The van der Waals surface area contributed by atoms with Crippen LogP contribution in [0.5, 0.6) is 0 Å². The fourth-order valence-electron chi connectivity index (χ4n) is 2.88. The van der Waals surface area contributed by atoms with Crippen molar-refractivity contribution >= 4 is 9.84 Å². The molecule has 0 amide bonds. The van der Waals surface area contributed by atoms with E-state index in [4.69, 9.17) is 0 Å². The maximum absolute atomic E-state index is 11.8. The van der Waals surface area contributed by atoms with Gasteiger partial charge in [0.2, 0.25) is 0 Å². The molecule has 1 rings (SSSR count). The van der Waals surface area contributed by atoms with Crippen molar-refractivity contribution < 1.29 is 8.42 Å². The first-order valence-corrected chi connectivity index (χ1v) is 9.97. The lowest BCUT2D eigenvalue weighted by molar-refractivity contribution is 0.558. The second kappa shape index (κ2) is 7.95. The molecule has 3 nitrogen and oxygen atoms in total. The Labute approximate surface area is 130 Å². The van der Waals surface area contributed by atoms with E-state index in [1.54, 1.807) is 0 Å². The van der Waals surface area contributed by atoms with Crippen molar-refractivity contribution in [1.82, 2.24) is 5.32 Å². The highest BCUT2D eigenvalue weighted by Gasteiger charge is 2.22. The molecule has 0 bridgehead atoms. The van der Waals surface area contributed by atoms with Gasteiger partial charge >= 0.3 is 0 Å². The third-order valence-electron chi connectivity index (χ3n) is 3.85. The zero-order valence-corrected chi connectivity index (χ0v) is 14.8. The number of sulfone groups is 1. The fourth-order valence-corrected chi connectivity index (χ4v) is 3.77. The molecule has 0 saturated carbocycles. The molecule has 0 aliphatic rings. The first-order chi connectivity index (χ1) is 9.86. The van der Waals surface area contributed by atoms with Gasteiger partial charge in [-0.05, 0) is 48.1 Å². The lowest BCUT2D eigenvalue weighted by Crippen LogP contribution is -2.29. The Kier molecular flexibility index (Phi) is 6.88. The third-order valence-corrected chi connectivity index (χ3v) is 4.79. The second-order valence-electron chi connectivity index (χ2n) is 5.59. The third kappa shape index (κ3) is 5.11. The second-order valence-corrected chi connectivity index (χ2v) is 7.78. The summed E-state index contributed by atoms with van der Waals surface area (Å²) in [4.78, 5) is 0. The molecule has 21 heavy (non-hydrogen) atoms. The Morgan fingerprint density at radius 1 is 1.00 bits per heavy atom. The molecule has 1 unspecified atom stereocenters. The van der Waals surface area contributed by atoms with E-state index in [1.165, 1.54) is 28.5 Å². The van der Waals surface area contributed by atoms with E-state index in [1.807, 2.05) is 6.92 Å². The molecular formula is C17H29NO2S. The van der Waals surface area contributed by atoms with Crippen LogP contribution in [0.25, 0.3) is 0 Å². The predicted octanol–water partition coefficient (Wildman–Crippen LogP) is 3.07. The quantitative estimate of drug-likeness (QED) is 0.802. The number of rotatable bonds is 8. The molecule has 0 fully saturated rings. The first kappa shape index (κ1) is 18.2. The monoisotopic (exact) mass is 311 g/mol. The van der Waals surface area contributed by atoms with Crippen LogP contribution in [0, 0.1) is 0 Å². The van der Waals surface area contributed by atoms with Gasteiger partial charge in [0, 0.05) is 12.3 Å². The van der Waals surface area contributed by atoms with Crippen molar-refractivity contribution in [3.8, 4) is 0 Å². The summed E-state index contributed by atoms with van der Waals surface area (Å²) in [6.45, 7) is 9.23. The molecule has 4 heteroatoms. The standard InChI is InChI=1S/C17H29NO2S/c1-6-13-10-14(7-2)17(15(8-3)11-13)16(18-9-4)12-21(5,19)20/h10-11,16,18H,6-9,12H2,1-5H3. The summed E-state index contributed by atoms with van der Waals surface area (Å²) >= 11 is 0. The minimum atomic E-state index is -3.02. The molecule has 0 spiro atoms. The van der Waals surface area contributed by atoms with E-state index in [0.717, 1.165) is 25.8 Å². The Morgan fingerprint density at radius 3 is 1.86 bits per heavy atom. The largest absolute Gasteiger partial charge is 0.309 e. The van der Waals surface area contributed by atoms with Crippen LogP contribution in [-0.2, 0) is 29.1 Å². The summed E-state index contributed by atoms with van der Waals surface area (Å²) in [5.41, 5.74) is 5.09. The highest BCUT2D eigenvalue weighted by molar-refractivity contribution is 7.90. The van der Waals surface area contributed by atoms with Crippen LogP contribution in [0.1, 0.15) is 56.0 Å². The molecular weight excluding hydrogens is 282 g/mol. The Hall–Kier alpha value is -0.870. The number of nitrogens with one attached hydrogen (secondary N) is 1. The minimum Gasteiger partial charge on any atom is -0.309 e. The van der Waals surface area contributed by atoms with Crippen LogP contribution < -0.4 is 5.32 Å². The average Bonchev–Trinajstić information content (AvgIpc) is 2.43. The Morgan fingerprint density at radius 2 is 1.52 bits per heavy atom. The molecule has 1 aromatic rings. The van der Waals surface area contributed by atoms with Crippen LogP contribution in [-0.4, -0.2) is 27.0 Å². The molecule has 1 aromatic carbocycles. The summed E-state index contributed by atoms with van der Waals surface area (Å²) in [7, 11) is -3.02. The molecule has 0 radical (unpaired) electrons. The van der Waals surface area contributed by atoms with E-state index >= 15 is 0 Å². The van der Waals surface area contributed by atoms with Crippen molar-refractivity contribution in [2.24, 2.45) is 0 Å². The van der Waals surface area contributed by atoms with Crippen LogP contribution in [0.4, 0.5) is 0 Å². The number of benzene rings is 1. The molecule has 0 aromatic heterocycles. The molecule has 1 atom stereocenters. The highest BCUT2D eigenvalue weighted by Crippen LogP contribution is 2.27. The zero-order chi connectivity index (χ0) is 16.0. The predicted molar refractivity (Wildman–Crippen MR) is 90.7 cm³/mol. The summed E-state index contributed by atoms with van der Waals surface area (Å²) < 4.78 is 23.5. The smallest absolute Gasteiger partial charge is 0.149 e. The van der Waals surface area contributed by atoms with Gasteiger partial charge in [0.25, 0.3) is 0 Å². The fraction of sp³-hybridized carbons (Fsp3) is 0.647. The van der Waals surface area contributed by atoms with Gasteiger partial charge in [0.05, 0.1) is 5.75 Å². The maximum atomic E-state index is 11.8. The van der Waals surface area contributed by atoms with Crippen molar-refractivity contribution in [2.45, 2.75) is 53.0 Å². The summed E-state index contributed by atoms with van der Waals surface area (Å²) in [5, 5.41) is 3.36. The molecule has 120 valence electrons. The van der Waals surface area contributed by atoms with Gasteiger partial charge in [-0.3, -0.25) is 0 Å². The van der Waals surface area contributed by atoms with E-state index in [0.29, 0.717) is 0 Å². The summed E-state index contributed by atoms with van der Waals surface area (Å²) in [5.74, 6) is 0.159. The van der Waals surface area contributed by atoms with E-state index in [-0.39, 0.29) is 11.8 Å². The first-order valence-electron chi connectivity index (χ1n) is 7.91. The molecule has 0 saturated heterocycles. The average molecular weight is 311 g/mol. The lowest BCUT2D eigenvalue weighted by atomic mass is 9.90. The van der Waals surface area contributed by atoms with Crippen LogP contribution >= 0.6 is 0 Å². The van der Waals surface area contributed by atoms with Crippen molar-refractivity contribution in [3.05, 3.63) is 34.4 Å². The zero-order valence-electron chi connectivity index (χ0n) is 14.0. The van der Waals surface area contributed by atoms with Crippen molar-refractivity contribution in [1.29, 1.82) is 0 Å². The molecule has 0 aliphatic heterocycles. The van der Waals surface area contributed by atoms with Crippen molar-refractivity contribution in [2.75, 3.05) is 18.6 Å².